The lowest BCUT2D eigenvalue weighted by Crippen LogP contribution is -2.49. The molecule has 2 aromatic heterocycles. The van der Waals surface area contributed by atoms with E-state index in [0.29, 0.717) is 5.82 Å². The third-order valence-corrected chi connectivity index (χ3v) is 9.84. The number of aliphatic hydroxyl groups is 1. The number of aromatic nitrogens is 4. The average Bonchev–Trinajstić information content (AvgIpc) is 2.98. The van der Waals surface area contributed by atoms with Crippen molar-refractivity contribution in [3.63, 3.8) is 0 Å². The Morgan fingerprint density at radius 2 is 1.12 bits per heavy atom. The highest BCUT2D eigenvalue weighted by molar-refractivity contribution is 6.47. The summed E-state index contributed by atoms with van der Waals surface area (Å²) in [4.78, 5) is 20.1. The minimum atomic E-state index is -0.967. The molecular weight excluding hydrogens is 507 g/mol. The maximum Gasteiger partial charge on any atom is 0.330 e. The van der Waals surface area contributed by atoms with Gasteiger partial charge >= 0.3 is 7.48 Å². The first-order valence-electron chi connectivity index (χ1n) is 15.4. The van der Waals surface area contributed by atoms with Crippen LogP contribution < -0.4 is 5.46 Å². The summed E-state index contributed by atoms with van der Waals surface area (Å²) in [5.74, 6) is 2.53. The number of rotatable bonds is 14. The predicted molar refractivity (Wildman–Crippen MR) is 170 cm³/mol. The molecule has 0 aliphatic rings. The third kappa shape index (κ3) is 6.89. The maximum atomic E-state index is 10.3. The summed E-state index contributed by atoms with van der Waals surface area (Å²) in [6, 6.07) is 12.2. The lowest BCUT2D eigenvalue weighted by atomic mass is 9.77. The van der Waals surface area contributed by atoms with E-state index in [1.807, 2.05) is 50.4 Å². The minimum absolute atomic E-state index is 0.0641. The van der Waals surface area contributed by atoms with Crippen LogP contribution in [0, 0.1) is 0 Å². The Hall–Kier alpha value is -2.64. The van der Waals surface area contributed by atoms with Gasteiger partial charge in [0.05, 0.1) is 16.9 Å². The standard InChI is InChI=1S/C34H50BN4O2/c1-11-33(12-2,13-3)29-37-28(38-30(39-29)34(14-4,15-5)16-6)25-19-22-27(36-23-25)24-17-20-26(21-18-24)35-41-32(9,10)31(7,8)40/h17-23,40H,11-16H2,1-10H3. The average molecular weight is 558 g/mol. The van der Waals surface area contributed by atoms with E-state index in [9.17, 15) is 5.11 Å². The fourth-order valence-electron chi connectivity index (χ4n) is 5.22. The molecule has 7 heteroatoms. The van der Waals surface area contributed by atoms with E-state index in [1.165, 1.54) is 0 Å². The Morgan fingerprint density at radius 3 is 1.51 bits per heavy atom. The predicted octanol–water partition coefficient (Wildman–Crippen LogP) is 7.35. The summed E-state index contributed by atoms with van der Waals surface area (Å²) >= 11 is 0. The second kappa shape index (κ2) is 13.1. The zero-order chi connectivity index (χ0) is 30.5. The van der Waals surface area contributed by atoms with E-state index in [1.54, 1.807) is 21.3 Å². The topological polar surface area (TPSA) is 81.0 Å². The minimum Gasteiger partial charge on any atom is -0.427 e. The van der Waals surface area contributed by atoms with Crippen molar-refractivity contribution in [1.29, 1.82) is 0 Å². The van der Waals surface area contributed by atoms with Gasteiger partial charge in [0.25, 0.3) is 0 Å². The normalized spacial score (nSPS) is 13.0. The van der Waals surface area contributed by atoms with Gasteiger partial charge in [0.2, 0.25) is 0 Å². The van der Waals surface area contributed by atoms with Crippen LogP contribution in [-0.4, -0.2) is 43.7 Å². The van der Waals surface area contributed by atoms with Crippen LogP contribution >= 0.6 is 0 Å². The molecule has 0 spiro atoms. The molecule has 3 rings (SSSR count). The van der Waals surface area contributed by atoms with E-state index in [0.717, 1.165) is 72.5 Å². The monoisotopic (exact) mass is 557 g/mol. The van der Waals surface area contributed by atoms with E-state index in [-0.39, 0.29) is 10.8 Å². The molecular formula is C34H50BN4O2. The molecule has 0 amide bonds. The molecule has 0 fully saturated rings. The van der Waals surface area contributed by atoms with Crippen molar-refractivity contribution in [2.45, 2.75) is 130 Å². The van der Waals surface area contributed by atoms with Gasteiger partial charge in [-0.3, -0.25) is 4.98 Å². The summed E-state index contributed by atoms with van der Waals surface area (Å²) in [6.45, 7) is 20.7. The largest absolute Gasteiger partial charge is 0.427 e. The molecule has 41 heavy (non-hydrogen) atoms. The molecule has 0 saturated carbocycles. The van der Waals surface area contributed by atoms with Crippen LogP contribution in [0.5, 0.6) is 0 Å². The molecule has 0 bridgehead atoms. The van der Waals surface area contributed by atoms with Crippen LogP contribution in [0.2, 0.25) is 0 Å². The lowest BCUT2D eigenvalue weighted by molar-refractivity contribution is -0.0893. The Bertz CT molecular complexity index is 1200. The van der Waals surface area contributed by atoms with Gasteiger partial charge in [0.15, 0.2) is 5.82 Å². The lowest BCUT2D eigenvalue weighted by Gasteiger charge is -2.37. The van der Waals surface area contributed by atoms with E-state index < -0.39 is 11.2 Å². The van der Waals surface area contributed by atoms with Gasteiger partial charge in [-0.2, -0.15) is 0 Å². The van der Waals surface area contributed by atoms with Crippen LogP contribution in [0.15, 0.2) is 42.6 Å². The second-order valence-corrected chi connectivity index (χ2v) is 12.3. The van der Waals surface area contributed by atoms with Crippen LogP contribution in [-0.2, 0) is 15.5 Å². The molecule has 0 atom stereocenters. The van der Waals surface area contributed by atoms with Crippen LogP contribution in [0.25, 0.3) is 22.6 Å². The van der Waals surface area contributed by atoms with E-state index >= 15 is 0 Å². The first-order chi connectivity index (χ1) is 19.3. The molecule has 0 saturated heterocycles. The summed E-state index contributed by atoms with van der Waals surface area (Å²) in [5.41, 5.74) is 1.90. The zero-order valence-electron chi connectivity index (χ0n) is 27.0. The number of benzene rings is 1. The third-order valence-electron chi connectivity index (χ3n) is 9.84. The summed E-state index contributed by atoms with van der Waals surface area (Å²) in [5, 5.41) is 10.3. The molecule has 2 heterocycles. The quantitative estimate of drug-likeness (QED) is 0.209. The highest BCUT2D eigenvalue weighted by Crippen LogP contribution is 2.38. The first kappa shape index (κ1) is 32.9. The van der Waals surface area contributed by atoms with Crippen LogP contribution in [0.3, 0.4) is 0 Å². The SMILES string of the molecule is CCC(CC)(CC)c1nc(-c2ccc(-c3ccc([B]OC(C)(C)C(C)(C)O)cc3)nc2)nc(C(CC)(CC)CC)n1. The number of nitrogens with zero attached hydrogens (tertiary/aromatic N) is 4. The first-order valence-corrected chi connectivity index (χ1v) is 15.4. The molecule has 1 N–H and O–H groups in total. The van der Waals surface area contributed by atoms with Crippen LogP contribution in [0.4, 0.5) is 0 Å². The molecule has 1 radical (unpaired) electrons. The van der Waals surface area contributed by atoms with E-state index in [2.05, 4.69) is 47.6 Å². The smallest absolute Gasteiger partial charge is 0.330 e. The van der Waals surface area contributed by atoms with Crippen LogP contribution in [0.1, 0.15) is 119 Å². The van der Waals surface area contributed by atoms with E-state index in [4.69, 9.17) is 24.6 Å². The van der Waals surface area contributed by atoms with Gasteiger partial charge in [0, 0.05) is 28.2 Å². The Kier molecular flexibility index (Phi) is 10.5. The summed E-state index contributed by atoms with van der Waals surface area (Å²) in [6.07, 6.45) is 7.83. The van der Waals surface area contributed by atoms with Crippen molar-refractivity contribution in [2.75, 3.05) is 0 Å². The molecule has 3 aromatic rings. The number of hydrogen-bond acceptors (Lipinski definition) is 6. The fourth-order valence-corrected chi connectivity index (χ4v) is 5.22. The molecule has 0 unspecified atom stereocenters. The van der Waals surface area contributed by atoms with Crippen molar-refractivity contribution in [1.82, 2.24) is 19.9 Å². The number of hydrogen-bond donors (Lipinski definition) is 1. The van der Waals surface area contributed by atoms with Gasteiger partial charge in [-0.05, 0) is 78.4 Å². The Morgan fingerprint density at radius 1 is 0.659 bits per heavy atom. The summed E-state index contributed by atoms with van der Waals surface area (Å²) < 4.78 is 5.90. The van der Waals surface area contributed by atoms with Gasteiger partial charge in [-0.25, -0.2) is 15.0 Å². The second-order valence-electron chi connectivity index (χ2n) is 12.3. The number of pyridine rings is 1. The zero-order valence-corrected chi connectivity index (χ0v) is 27.0. The molecule has 6 nitrogen and oxygen atoms in total. The van der Waals surface area contributed by atoms with Crippen molar-refractivity contribution < 1.29 is 9.76 Å². The maximum absolute atomic E-state index is 10.3. The Labute approximate surface area is 249 Å². The molecule has 221 valence electrons. The van der Waals surface area contributed by atoms with Gasteiger partial charge in [-0.1, -0.05) is 71.3 Å². The summed E-state index contributed by atoms with van der Waals surface area (Å²) in [7, 11) is 1.69. The molecule has 0 aliphatic heterocycles. The Balaban J connectivity index is 1.95. The van der Waals surface area contributed by atoms with Gasteiger partial charge < -0.3 is 9.76 Å². The highest BCUT2D eigenvalue weighted by atomic mass is 16.5. The van der Waals surface area contributed by atoms with Crippen molar-refractivity contribution >= 4 is 12.9 Å². The highest BCUT2D eigenvalue weighted by Gasteiger charge is 2.36. The van der Waals surface area contributed by atoms with Gasteiger partial charge in [-0.15, -0.1) is 0 Å². The van der Waals surface area contributed by atoms with Crippen molar-refractivity contribution in [3.05, 3.63) is 54.2 Å². The fraction of sp³-hybridized carbons (Fsp3) is 0.588. The molecule has 0 aliphatic carbocycles. The van der Waals surface area contributed by atoms with Crippen molar-refractivity contribution in [2.24, 2.45) is 0 Å². The van der Waals surface area contributed by atoms with Crippen molar-refractivity contribution in [3.8, 4) is 22.6 Å². The van der Waals surface area contributed by atoms with Gasteiger partial charge in [0.1, 0.15) is 11.6 Å². The molecule has 1 aromatic carbocycles.